The number of rotatable bonds is 3. The van der Waals surface area contributed by atoms with Crippen LogP contribution >= 0.6 is 0 Å². The molecule has 1 saturated heterocycles. The molecule has 0 saturated carbocycles. The topological polar surface area (TPSA) is 20.3 Å². The van der Waals surface area contributed by atoms with E-state index in [2.05, 4.69) is 11.9 Å². The number of alkyl halides is 1. The molecule has 0 aromatic carbocycles. The standard InChI is InChI=1S/C10H18FNO/c1-8(13)10(11)7-9-3-5-12(2)6-4-9/h9-10H,3-7H2,1-2H3. The molecule has 0 aromatic heterocycles. The van der Waals surface area contributed by atoms with Crippen LogP contribution in [0.25, 0.3) is 0 Å². The van der Waals surface area contributed by atoms with Crippen molar-refractivity contribution < 1.29 is 9.18 Å². The summed E-state index contributed by atoms with van der Waals surface area (Å²) in [5, 5.41) is 0. The number of Topliss-reactive ketones (excluding diaryl/α,β-unsaturated/α-hetero) is 1. The van der Waals surface area contributed by atoms with Crippen LogP contribution in [0.2, 0.25) is 0 Å². The maximum absolute atomic E-state index is 13.0. The van der Waals surface area contributed by atoms with Gasteiger partial charge in [0.1, 0.15) is 0 Å². The molecular weight excluding hydrogens is 169 g/mol. The molecule has 1 aliphatic heterocycles. The number of carbonyl (C=O) groups is 1. The van der Waals surface area contributed by atoms with Crippen molar-refractivity contribution in [2.45, 2.75) is 32.4 Å². The Bertz CT molecular complexity index is 176. The minimum absolute atomic E-state index is 0.320. The zero-order valence-electron chi connectivity index (χ0n) is 8.42. The lowest BCUT2D eigenvalue weighted by atomic mass is 9.91. The van der Waals surface area contributed by atoms with E-state index in [-0.39, 0.29) is 5.78 Å². The molecule has 2 nitrogen and oxygen atoms in total. The van der Waals surface area contributed by atoms with Gasteiger partial charge in [0, 0.05) is 0 Å². The lowest BCUT2D eigenvalue weighted by Gasteiger charge is -2.29. The average molecular weight is 187 g/mol. The van der Waals surface area contributed by atoms with Crippen LogP contribution in [-0.4, -0.2) is 37.0 Å². The second-order valence-corrected chi connectivity index (χ2v) is 4.06. The van der Waals surface area contributed by atoms with Crippen molar-refractivity contribution in [1.29, 1.82) is 0 Å². The highest BCUT2D eigenvalue weighted by molar-refractivity contribution is 5.80. The van der Waals surface area contributed by atoms with E-state index in [9.17, 15) is 9.18 Å². The molecule has 1 aliphatic rings. The monoisotopic (exact) mass is 187 g/mol. The van der Waals surface area contributed by atoms with Crippen molar-refractivity contribution >= 4 is 5.78 Å². The maximum atomic E-state index is 13.0. The molecule has 1 heterocycles. The van der Waals surface area contributed by atoms with Crippen LogP contribution in [-0.2, 0) is 4.79 Å². The molecule has 0 aliphatic carbocycles. The number of likely N-dealkylation sites (tertiary alicyclic amines) is 1. The van der Waals surface area contributed by atoms with Gasteiger partial charge in [0.2, 0.25) is 0 Å². The third-order valence-corrected chi connectivity index (χ3v) is 2.82. The van der Waals surface area contributed by atoms with E-state index in [0.29, 0.717) is 12.3 Å². The van der Waals surface area contributed by atoms with E-state index in [1.54, 1.807) is 0 Å². The fourth-order valence-corrected chi connectivity index (χ4v) is 1.76. The molecule has 0 radical (unpaired) electrons. The second-order valence-electron chi connectivity index (χ2n) is 4.06. The molecular formula is C10H18FNO. The molecule has 1 unspecified atom stereocenters. The van der Waals surface area contributed by atoms with Crippen molar-refractivity contribution in [3.63, 3.8) is 0 Å². The normalized spacial score (nSPS) is 23.0. The van der Waals surface area contributed by atoms with Gasteiger partial charge in [-0.1, -0.05) is 0 Å². The Hall–Kier alpha value is -0.440. The Labute approximate surface area is 79.1 Å². The first-order valence-corrected chi connectivity index (χ1v) is 4.92. The van der Waals surface area contributed by atoms with Gasteiger partial charge in [-0.15, -0.1) is 0 Å². The molecule has 0 spiro atoms. The summed E-state index contributed by atoms with van der Waals surface area (Å²) < 4.78 is 13.0. The zero-order chi connectivity index (χ0) is 9.84. The summed E-state index contributed by atoms with van der Waals surface area (Å²) in [6.07, 6.45) is 1.27. The number of carbonyl (C=O) groups excluding carboxylic acids is 1. The predicted molar refractivity (Wildman–Crippen MR) is 50.4 cm³/mol. The van der Waals surface area contributed by atoms with Crippen molar-refractivity contribution in [2.24, 2.45) is 5.92 Å². The number of halogens is 1. The molecule has 0 amide bonds. The smallest absolute Gasteiger partial charge is 0.163 e. The Morgan fingerprint density at radius 1 is 1.54 bits per heavy atom. The number of hydrogen-bond acceptors (Lipinski definition) is 2. The first-order valence-electron chi connectivity index (χ1n) is 4.92. The van der Waals surface area contributed by atoms with E-state index in [4.69, 9.17) is 0 Å². The minimum Gasteiger partial charge on any atom is -0.306 e. The average Bonchev–Trinajstić information content (AvgIpc) is 2.08. The number of ketones is 1. The lowest BCUT2D eigenvalue weighted by molar-refractivity contribution is -0.122. The van der Waals surface area contributed by atoms with Gasteiger partial charge in [-0.3, -0.25) is 4.79 Å². The van der Waals surface area contributed by atoms with Gasteiger partial charge in [-0.2, -0.15) is 0 Å². The van der Waals surface area contributed by atoms with Gasteiger partial charge in [-0.05, 0) is 52.2 Å². The third kappa shape index (κ3) is 3.43. The fraction of sp³-hybridized carbons (Fsp3) is 0.900. The Balaban J connectivity index is 2.26. The van der Waals surface area contributed by atoms with E-state index in [1.165, 1.54) is 6.92 Å². The quantitative estimate of drug-likeness (QED) is 0.669. The molecule has 1 rings (SSSR count). The van der Waals surface area contributed by atoms with Gasteiger partial charge >= 0.3 is 0 Å². The maximum Gasteiger partial charge on any atom is 0.163 e. The van der Waals surface area contributed by atoms with Crippen LogP contribution in [0.5, 0.6) is 0 Å². The first kappa shape index (κ1) is 10.6. The summed E-state index contributed by atoms with van der Waals surface area (Å²) in [5.41, 5.74) is 0. The largest absolute Gasteiger partial charge is 0.306 e. The predicted octanol–water partition coefficient (Wildman–Crippen LogP) is 1.65. The van der Waals surface area contributed by atoms with E-state index in [1.807, 2.05) is 0 Å². The zero-order valence-corrected chi connectivity index (χ0v) is 8.42. The van der Waals surface area contributed by atoms with Crippen LogP contribution in [0.1, 0.15) is 26.2 Å². The number of piperidine rings is 1. The minimum atomic E-state index is -1.23. The van der Waals surface area contributed by atoms with Crippen LogP contribution < -0.4 is 0 Å². The van der Waals surface area contributed by atoms with E-state index in [0.717, 1.165) is 25.9 Å². The summed E-state index contributed by atoms with van der Waals surface area (Å²) >= 11 is 0. The summed E-state index contributed by atoms with van der Waals surface area (Å²) in [7, 11) is 2.08. The van der Waals surface area contributed by atoms with Crippen molar-refractivity contribution in [2.75, 3.05) is 20.1 Å². The Morgan fingerprint density at radius 2 is 2.08 bits per heavy atom. The van der Waals surface area contributed by atoms with Gasteiger partial charge in [0.05, 0.1) is 0 Å². The van der Waals surface area contributed by atoms with Gasteiger partial charge in [-0.25, -0.2) is 4.39 Å². The third-order valence-electron chi connectivity index (χ3n) is 2.82. The van der Waals surface area contributed by atoms with E-state index >= 15 is 0 Å². The van der Waals surface area contributed by atoms with Gasteiger partial charge < -0.3 is 4.90 Å². The molecule has 1 atom stereocenters. The highest BCUT2D eigenvalue weighted by Crippen LogP contribution is 2.22. The Kier molecular flexibility index (Phi) is 3.85. The van der Waals surface area contributed by atoms with Crippen LogP contribution in [0.3, 0.4) is 0 Å². The molecule has 0 N–H and O–H groups in total. The molecule has 3 heteroatoms. The number of hydrogen-bond donors (Lipinski definition) is 0. The fourth-order valence-electron chi connectivity index (χ4n) is 1.76. The summed E-state index contributed by atoms with van der Waals surface area (Å²) in [6.45, 7) is 3.41. The van der Waals surface area contributed by atoms with Crippen molar-refractivity contribution in [3.8, 4) is 0 Å². The van der Waals surface area contributed by atoms with Crippen molar-refractivity contribution in [3.05, 3.63) is 0 Å². The summed E-state index contributed by atoms with van der Waals surface area (Å²) in [5.74, 6) is 0.0917. The Morgan fingerprint density at radius 3 is 2.54 bits per heavy atom. The van der Waals surface area contributed by atoms with Crippen LogP contribution in [0.4, 0.5) is 4.39 Å². The van der Waals surface area contributed by atoms with E-state index < -0.39 is 6.17 Å². The van der Waals surface area contributed by atoms with Crippen LogP contribution in [0.15, 0.2) is 0 Å². The molecule has 0 bridgehead atoms. The summed E-state index contributed by atoms with van der Waals surface area (Å²) in [4.78, 5) is 12.9. The second kappa shape index (κ2) is 4.70. The lowest BCUT2D eigenvalue weighted by Crippen LogP contribution is -2.32. The van der Waals surface area contributed by atoms with Gasteiger partial charge in [0.25, 0.3) is 0 Å². The SMILES string of the molecule is CC(=O)C(F)CC1CCN(C)CC1. The number of nitrogens with zero attached hydrogens (tertiary/aromatic N) is 1. The van der Waals surface area contributed by atoms with Crippen LogP contribution in [0, 0.1) is 5.92 Å². The molecule has 1 fully saturated rings. The molecule has 76 valence electrons. The van der Waals surface area contributed by atoms with Crippen molar-refractivity contribution in [1.82, 2.24) is 4.90 Å². The molecule has 13 heavy (non-hydrogen) atoms. The first-order chi connectivity index (χ1) is 6.09. The highest BCUT2D eigenvalue weighted by Gasteiger charge is 2.22. The summed E-state index contributed by atoms with van der Waals surface area (Å²) in [6, 6.07) is 0. The molecule has 0 aromatic rings. The highest BCUT2D eigenvalue weighted by atomic mass is 19.1. The van der Waals surface area contributed by atoms with Gasteiger partial charge in [0.15, 0.2) is 12.0 Å².